The number of sulfonamides is 1. The standard InChI is InChI=1S/C26H25N3O6S2/c1-16(2)29-21-13-8-17(14-24(21)36-26(29)31)27-25(30)23-15-28(20-6-4-5-7-22(20)35-23)37(32,33)19-11-9-18(34-3)10-12-19/h4-14,16,23H,15H2,1-3H3,(H,27,30). The van der Waals surface area contributed by atoms with Gasteiger partial charge in [0.15, 0.2) is 6.10 Å². The third-order valence-electron chi connectivity index (χ3n) is 6.07. The van der Waals surface area contributed by atoms with Crippen molar-refractivity contribution in [3.05, 3.63) is 76.4 Å². The minimum Gasteiger partial charge on any atom is -0.497 e. The van der Waals surface area contributed by atoms with E-state index in [4.69, 9.17) is 9.47 Å². The van der Waals surface area contributed by atoms with Crippen LogP contribution in [0.3, 0.4) is 0 Å². The van der Waals surface area contributed by atoms with Crippen LogP contribution in [0.1, 0.15) is 19.9 Å². The number of aromatic nitrogens is 1. The number of ether oxygens (including phenoxy) is 2. The molecule has 0 aliphatic carbocycles. The smallest absolute Gasteiger partial charge is 0.308 e. The van der Waals surface area contributed by atoms with E-state index in [1.165, 1.54) is 23.5 Å². The Morgan fingerprint density at radius 3 is 2.54 bits per heavy atom. The van der Waals surface area contributed by atoms with Crippen LogP contribution in [-0.2, 0) is 14.8 Å². The molecule has 0 fully saturated rings. The van der Waals surface area contributed by atoms with Gasteiger partial charge in [0, 0.05) is 11.7 Å². The predicted molar refractivity (Wildman–Crippen MR) is 143 cm³/mol. The maximum atomic E-state index is 13.6. The average Bonchev–Trinajstić information content (AvgIpc) is 3.23. The summed E-state index contributed by atoms with van der Waals surface area (Å²) in [7, 11) is -2.49. The van der Waals surface area contributed by atoms with Crippen LogP contribution in [0.4, 0.5) is 11.4 Å². The van der Waals surface area contributed by atoms with Gasteiger partial charge in [-0.1, -0.05) is 23.5 Å². The summed E-state index contributed by atoms with van der Waals surface area (Å²) in [5.41, 5.74) is 1.63. The van der Waals surface area contributed by atoms with Gasteiger partial charge in [-0.25, -0.2) is 8.42 Å². The van der Waals surface area contributed by atoms with Gasteiger partial charge in [0.05, 0.1) is 34.5 Å². The molecule has 1 atom stereocenters. The third kappa shape index (κ3) is 4.56. The SMILES string of the molecule is COc1ccc(S(=O)(=O)N2CC(C(=O)Nc3ccc4c(c3)sc(=O)n4C(C)C)Oc3ccccc32)cc1. The minimum absolute atomic E-state index is 0.0102. The van der Waals surface area contributed by atoms with Crippen molar-refractivity contribution in [1.82, 2.24) is 4.57 Å². The second-order valence-electron chi connectivity index (χ2n) is 8.79. The molecule has 1 aliphatic rings. The average molecular weight is 540 g/mol. The minimum atomic E-state index is -4.00. The Hall–Kier alpha value is -3.83. The summed E-state index contributed by atoms with van der Waals surface area (Å²) >= 11 is 1.11. The van der Waals surface area contributed by atoms with Crippen LogP contribution < -0.4 is 24.0 Å². The molecule has 192 valence electrons. The molecule has 37 heavy (non-hydrogen) atoms. The first-order valence-corrected chi connectivity index (χ1v) is 13.8. The fraction of sp³-hybridized carbons (Fsp3) is 0.231. The highest BCUT2D eigenvalue weighted by Crippen LogP contribution is 2.37. The lowest BCUT2D eigenvalue weighted by Gasteiger charge is -2.34. The molecule has 0 radical (unpaired) electrons. The van der Waals surface area contributed by atoms with Crippen molar-refractivity contribution in [2.75, 3.05) is 23.3 Å². The number of amides is 1. The summed E-state index contributed by atoms with van der Waals surface area (Å²) in [5.74, 6) is 0.317. The van der Waals surface area contributed by atoms with Gasteiger partial charge in [0.1, 0.15) is 11.5 Å². The van der Waals surface area contributed by atoms with Gasteiger partial charge in [0.2, 0.25) is 0 Å². The Morgan fingerprint density at radius 1 is 1.11 bits per heavy atom. The van der Waals surface area contributed by atoms with Crippen molar-refractivity contribution in [3.63, 3.8) is 0 Å². The van der Waals surface area contributed by atoms with Crippen LogP contribution in [0.2, 0.25) is 0 Å². The lowest BCUT2D eigenvalue weighted by Crippen LogP contribution is -2.48. The maximum absolute atomic E-state index is 13.6. The van der Waals surface area contributed by atoms with E-state index in [2.05, 4.69) is 5.32 Å². The molecule has 0 spiro atoms. The van der Waals surface area contributed by atoms with E-state index in [1.54, 1.807) is 59.2 Å². The number of para-hydroxylation sites is 2. The van der Waals surface area contributed by atoms with Crippen molar-refractivity contribution >= 4 is 48.9 Å². The number of carbonyl (C=O) groups excluding carboxylic acids is 1. The number of anilines is 2. The largest absolute Gasteiger partial charge is 0.497 e. The molecule has 3 aromatic carbocycles. The van der Waals surface area contributed by atoms with Gasteiger partial charge in [-0.15, -0.1) is 0 Å². The highest BCUT2D eigenvalue weighted by atomic mass is 32.2. The van der Waals surface area contributed by atoms with Crippen LogP contribution >= 0.6 is 11.3 Å². The summed E-state index contributed by atoms with van der Waals surface area (Å²) in [6.45, 7) is 3.66. The van der Waals surface area contributed by atoms with Crippen molar-refractivity contribution in [3.8, 4) is 11.5 Å². The summed E-state index contributed by atoms with van der Waals surface area (Å²) in [6.07, 6.45) is -1.10. The molecule has 1 aromatic heterocycles. The summed E-state index contributed by atoms with van der Waals surface area (Å²) in [4.78, 5) is 25.6. The lowest BCUT2D eigenvalue weighted by atomic mass is 10.2. The molecule has 0 saturated carbocycles. The van der Waals surface area contributed by atoms with E-state index in [0.29, 0.717) is 17.1 Å². The number of nitrogens with one attached hydrogen (secondary N) is 1. The first kappa shape index (κ1) is 24.8. The zero-order valence-electron chi connectivity index (χ0n) is 20.4. The molecular weight excluding hydrogens is 514 g/mol. The van der Waals surface area contributed by atoms with Crippen molar-refractivity contribution in [2.45, 2.75) is 30.9 Å². The summed E-state index contributed by atoms with van der Waals surface area (Å²) < 4.78 is 41.8. The number of benzene rings is 3. The topological polar surface area (TPSA) is 107 Å². The highest BCUT2D eigenvalue weighted by Gasteiger charge is 2.37. The van der Waals surface area contributed by atoms with Gasteiger partial charge < -0.3 is 14.8 Å². The fourth-order valence-corrected chi connectivity index (χ4v) is 6.80. The molecule has 0 bridgehead atoms. The van der Waals surface area contributed by atoms with Crippen LogP contribution in [-0.4, -0.2) is 38.7 Å². The zero-order valence-corrected chi connectivity index (χ0v) is 22.0. The van der Waals surface area contributed by atoms with Gasteiger partial charge in [-0.3, -0.25) is 18.5 Å². The monoisotopic (exact) mass is 539 g/mol. The second kappa shape index (κ2) is 9.56. The normalized spacial score (nSPS) is 15.4. The van der Waals surface area contributed by atoms with Gasteiger partial charge in [-0.05, 0) is 68.4 Å². The number of thiazole rings is 1. The van der Waals surface area contributed by atoms with Gasteiger partial charge in [-0.2, -0.15) is 0 Å². The highest BCUT2D eigenvalue weighted by molar-refractivity contribution is 7.92. The van der Waals surface area contributed by atoms with Crippen LogP contribution in [0.25, 0.3) is 10.2 Å². The van der Waals surface area contributed by atoms with E-state index in [1.807, 2.05) is 13.8 Å². The van der Waals surface area contributed by atoms with E-state index in [0.717, 1.165) is 21.6 Å². The van der Waals surface area contributed by atoms with Crippen molar-refractivity contribution < 1.29 is 22.7 Å². The Labute approximate surface area is 217 Å². The first-order chi connectivity index (χ1) is 17.7. The van der Waals surface area contributed by atoms with E-state index in [-0.39, 0.29) is 28.1 Å². The molecule has 2 heterocycles. The Kier molecular flexibility index (Phi) is 6.42. The van der Waals surface area contributed by atoms with E-state index < -0.39 is 22.0 Å². The molecular formula is C26H25N3O6S2. The van der Waals surface area contributed by atoms with Crippen molar-refractivity contribution in [2.24, 2.45) is 0 Å². The quantitative estimate of drug-likeness (QED) is 0.393. The molecule has 1 aliphatic heterocycles. The van der Waals surface area contributed by atoms with Crippen molar-refractivity contribution in [1.29, 1.82) is 0 Å². The molecule has 4 aromatic rings. The second-order valence-corrected chi connectivity index (χ2v) is 11.6. The molecule has 1 N–H and O–H groups in total. The molecule has 11 heteroatoms. The Balaban J connectivity index is 1.44. The lowest BCUT2D eigenvalue weighted by molar-refractivity contribution is -0.122. The third-order valence-corrected chi connectivity index (χ3v) is 8.78. The summed E-state index contributed by atoms with van der Waals surface area (Å²) in [5, 5.41) is 2.81. The molecule has 1 unspecified atom stereocenters. The van der Waals surface area contributed by atoms with E-state index in [9.17, 15) is 18.0 Å². The number of hydrogen-bond donors (Lipinski definition) is 1. The van der Waals surface area contributed by atoms with Crippen LogP contribution in [0, 0.1) is 0 Å². The predicted octanol–water partition coefficient (Wildman–Crippen LogP) is 4.25. The summed E-state index contributed by atoms with van der Waals surface area (Å²) in [6, 6.07) is 18.0. The van der Waals surface area contributed by atoms with Gasteiger partial charge in [0.25, 0.3) is 15.9 Å². The molecule has 5 rings (SSSR count). The zero-order chi connectivity index (χ0) is 26.3. The maximum Gasteiger partial charge on any atom is 0.308 e. The van der Waals surface area contributed by atoms with Gasteiger partial charge >= 0.3 is 4.87 Å². The van der Waals surface area contributed by atoms with E-state index >= 15 is 0 Å². The number of hydrogen-bond acceptors (Lipinski definition) is 7. The van der Waals surface area contributed by atoms with Crippen LogP contribution in [0.5, 0.6) is 11.5 Å². The number of carbonyl (C=O) groups is 1. The Morgan fingerprint density at radius 2 is 1.84 bits per heavy atom. The fourth-order valence-electron chi connectivity index (χ4n) is 4.27. The number of rotatable bonds is 6. The Bertz CT molecular complexity index is 1640. The molecule has 9 nitrogen and oxygen atoms in total. The first-order valence-electron chi connectivity index (χ1n) is 11.6. The number of nitrogens with zero attached hydrogens (tertiary/aromatic N) is 2. The van der Waals surface area contributed by atoms with Crippen LogP contribution in [0.15, 0.2) is 76.4 Å². The number of methoxy groups -OCH3 is 1. The molecule has 1 amide bonds. The number of fused-ring (bicyclic) bond motifs is 2. The molecule has 0 saturated heterocycles.